The third-order valence-electron chi connectivity index (χ3n) is 2.17. The molecule has 0 aliphatic rings. The SMILES string of the molecule is Nc1cc(NC(=O)CSc2cnccn2)ccc1F. The number of nitrogen functional groups attached to an aromatic ring is 1. The highest BCUT2D eigenvalue weighted by Gasteiger charge is 2.06. The standard InChI is InChI=1S/C12H11FN4OS/c13-9-2-1-8(5-10(9)14)17-11(18)7-19-12-6-15-3-4-16-12/h1-6H,7,14H2,(H,17,18). The summed E-state index contributed by atoms with van der Waals surface area (Å²) in [5, 5.41) is 3.29. The van der Waals surface area contributed by atoms with Gasteiger partial charge in [-0.25, -0.2) is 9.37 Å². The zero-order valence-corrected chi connectivity index (χ0v) is 10.7. The molecular weight excluding hydrogens is 267 g/mol. The summed E-state index contributed by atoms with van der Waals surface area (Å²) in [6.07, 6.45) is 4.69. The molecule has 1 heterocycles. The summed E-state index contributed by atoms with van der Waals surface area (Å²) in [4.78, 5) is 19.6. The lowest BCUT2D eigenvalue weighted by atomic mass is 10.2. The number of nitrogens with one attached hydrogen (secondary N) is 1. The number of hydrogen-bond acceptors (Lipinski definition) is 5. The molecule has 0 atom stereocenters. The molecule has 3 N–H and O–H groups in total. The first-order valence-electron chi connectivity index (χ1n) is 5.39. The monoisotopic (exact) mass is 278 g/mol. The highest BCUT2D eigenvalue weighted by atomic mass is 32.2. The summed E-state index contributed by atoms with van der Waals surface area (Å²) < 4.78 is 12.9. The molecule has 19 heavy (non-hydrogen) atoms. The van der Waals surface area contributed by atoms with E-state index in [0.29, 0.717) is 10.7 Å². The second-order valence-electron chi connectivity index (χ2n) is 3.62. The summed E-state index contributed by atoms with van der Waals surface area (Å²) in [5.41, 5.74) is 5.87. The zero-order valence-electron chi connectivity index (χ0n) is 9.84. The van der Waals surface area contributed by atoms with Crippen LogP contribution in [0, 0.1) is 5.82 Å². The molecule has 2 rings (SSSR count). The number of carbonyl (C=O) groups excluding carboxylic acids is 1. The predicted molar refractivity (Wildman–Crippen MR) is 72.2 cm³/mol. The van der Waals surface area contributed by atoms with Gasteiger partial charge in [0.2, 0.25) is 5.91 Å². The molecule has 1 aromatic heterocycles. The normalized spacial score (nSPS) is 10.2. The molecule has 7 heteroatoms. The maximum atomic E-state index is 12.9. The van der Waals surface area contributed by atoms with Crippen LogP contribution in [0.3, 0.4) is 0 Å². The number of anilines is 2. The van der Waals surface area contributed by atoms with E-state index in [1.54, 1.807) is 18.6 Å². The second-order valence-corrected chi connectivity index (χ2v) is 4.61. The lowest BCUT2D eigenvalue weighted by Gasteiger charge is -2.06. The highest BCUT2D eigenvalue weighted by molar-refractivity contribution is 7.99. The fourth-order valence-corrected chi connectivity index (χ4v) is 1.94. The van der Waals surface area contributed by atoms with Crippen LogP contribution in [0.1, 0.15) is 0 Å². The van der Waals surface area contributed by atoms with Gasteiger partial charge in [-0.3, -0.25) is 9.78 Å². The predicted octanol–water partition coefficient (Wildman–Crippen LogP) is 1.93. The van der Waals surface area contributed by atoms with Gasteiger partial charge in [0, 0.05) is 18.1 Å². The summed E-state index contributed by atoms with van der Waals surface area (Å²) in [6, 6.07) is 4.04. The summed E-state index contributed by atoms with van der Waals surface area (Å²) >= 11 is 1.26. The number of carbonyl (C=O) groups is 1. The van der Waals surface area contributed by atoms with Crippen LogP contribution in [0.25, 0.3) is 0 Å². The molecule has 1 amide bonds. The largest absolute Gasteiger partial charge is 0.396 e. The Kier molecular flexibility index (Phi) is 4.30. The van der Waals surface area contributed by atoms with Gasteiger partial charge < -0.3 is 11.1 Å². The van der Waals surface area contributed by atoms with Crippen LogP contribution in [0.15, 0.2) is 41.8 Å². The van der Waals surface area contributed by atoms with Gasteiger partial charge in [-0.1, -0.05) is 11.8 Å². The number of nitrogens with two attached hydrogens (primary N) is 1. The van der Waals surface area contributed by atoms with Crippen LogP contribution in [0.5, 0.6) is 0 Å². The van der Waals surface area contributed by atoms with E-state index < -0.39 is 5.82 Å². The molecule has 0 fully saturated rings. The summed E-state index contributed by atoms with van der Waals surface area (Å²) in [6.45, 7) is 0. The number of benzene rings is 1. The molecule has 0 saturated carbocycles. The Morgan fingerprint density at radius 3 is 2.95 bits per heavy atom. The van der Waals surface area contributed by atoms with E-state index in [-0.39, 0.29) is 17.3 Å². The Hall–Kier alpha value is -2.15. The Labute approximate surface area is 113 Å². The molecular formula is C12H11FN4OS. The second kappa shape index (κ2) is 6.14. The van der Waals surface area contributed by atoms with Crippen molar-refractivity contribution in [1.29, 1.82) is 0 Å². The quantitative estimate of drug-likeness (QED) is 0.659. The van der Waals surface area contributed by atoms with Crippen molar-refractivity contribution in [3.8, 4) is 0 Å². The van der Waals surface area contributed by atoms with E-state index in [1.807, 2.05) is 0 Å². The van der Waals surface area contributed by atoms with Gasteiger partial charge in [0.15, 0.2) is 0 Å². The minimum absolute atomic E-state index is 0.000575. The smallest absolute Gasteiger partial charge is 0.234 e. The van der Waals surface area contributed by atoms with E-state index in [2.05, 4.69) is 15.3 Å². The van der Waals surface area contributed by atoms with E-state index in [0.717, 1.165) is 0 Å². The molecule has 5 nitrogen and oxygen atoms in total. The Balaban J connectivity index is 1.89. The maximum absolute atomic E-state index is 12.9. The third-order valence-corrected chi connectivity index (χ3v) is 3.08. The Morgan fingerprint density at radius 2 is 2.26 bits per heavy atom. The molecule has 0 bridgehead atoms. The highest BCUT2D eigenvalue weighted by Crippen LogP contribution is 2.17. The molecule has 0 radical (unpaired) electrons. The first-order valence-corrected chi connectivity index (χ1v) is 6.37. The molecule has 2 aromatic rings. The first kappa shape index (κ1) is 13.3. The van der Waals surface area contributed by atoms with Gasteiger partial charge >= 0.3 is 0 Å². The number of halogens is 1. The van der Waals surface area contributed by atoms with E-state index >= 15 is 0 Å². The van der Waals surface area contributed by atoms with Crippen molar-refractivity contribution >= 4 is 29.0 Å². The minimum Gasteiger partial charge on any atom is -0.396 e. The van der Waals surface area contributed by atoms with Gasteiger partial charge in [-0.05, 0) is 18.2 Å². The van der Waals surface area contributed by atoms with Crippen LogP contribution in [0.2, 0.25) is 0 Å². The Morgan fingerprint density at radius 1 is 1.42 bits per heavy atom. The van der Waals surface area contributed by atoms with E-state index in [9.17, 15) is 9.18 Å². The minimum atomic E-state index is -0.507. The van der Waals surface area contributed by atoms with E-state index in [1.165, 1.54) is 30.0 Å². The van der Waals surface area contributed by atoms with Crippen molar-refractivity contribution in [2.24, 2.45) is 0 Å². The van der Waals surface area contributed by atoms with Crippen molar-refractivity contribution in [2.45, 2.75) is 5.03 Å². The molecule has 0 spiro atoms. The molecule has 0 aliphatic heterocycles. The number of amides is 1. The average Bonchev–Trinajstić information content (AvgIpc) is 2.42. The van der Waals surface area contributed by atoms with Crippen LogP contribution in [-0.4, -0.2) is 21.6 Å². The fraction of sp³-hybridized carbons (Fsp3) is 0.0833. The van der Waals surface area contributed by atoms with Gasteiger partial charge in [-0.2, -0.15) is 0 Å². The van der Waals surface area contributed by atoms with Crippen molar-refractivity contribution in [2.75, 3.05) is 16.8 Å². The summed E-state index contributed by atoms with van der Waals surface area (Å²) in [5.74, 6) is -0.538. The first-order chi connectivity index (χ1) is 9.15. The topological polar surface area (TPSA) is 80.9 Å². The summed E-state index contributed by atoms with van der Waals surface area (Å²) in [7, 11) is 0. The van der Waals surface area contributed by atoms with Crippen LogP contribution in [-0.2, 0) is 4.79 Å². The van der Waals surface area contributed by atoms with Gasteiger partial charge in [0.1, 0.15) is 10.8 Å². The van der Waals surface area contributed by atoms with E-state index in [4.69, 9.17) is 5.73 Å². The molecule has 0 saturated heterocycles. The van der Waals surface area contributed by atoms with Crippen LogP contribution in [0.4, 0.5) is 15.8 Å². The lowest BCUT2D eigenvalue weighted by molar-refractivity contribution is -0.113. The molecule has 0 unspecified atom stereocenters. The maximum Gasteiger partial charge on any atom is 0.234 e. The zero-order chi connectivity index (χ0) is 13.7. The number of rotatable bonds is 4. The van der Waals surface area contributed by atoms with Crippen molar-refractivity contribution in [3.63, 3.8) is 0 Å². The van der Waals surface area contributed by atoms with Crippen molar-refractivity contribution in [1.82, 2.24) is 9.97 Å². The number of nitrogens with zero attached hydrogens (tertiary/aromatic N) is 2. The van der Waals surface area contributed by atoms with Crippen LogP contribution >= 0.6 is 11.8 Å². The van der Waals surface area contributed by atoms with Gasteiger partial charge in [-0.15, -0.1) is 0 Å². The number of hydrogen-bond donors (Lipinski definition) is 2. The lowest BCUT2D eigenvalue weighted by Crippen LogP contribution is -2.14. The average molecular weight is 278 g/mol. The Bertz CT molecular complexity index is 579. The van der Waals surface area contributed by atoms with Gasteiger partial charge in [0.05, 0.1) is 17.6 Å². The molecule has 0 aliphatic carbocycles. The molecule has 1 aromatic carbocycles. The van der Waals surface area contributed by atoms with Gasteiger partial charge in [0.25, 0.3) is 0 Å². The third kappa shape index (κ3) is 3.92. The van der Waals surface area contributed by atoms with Crippen LogP contribution < -0.4 is 11.1 Å². The van der Waals surface area contributed by atoms with Crippen molar-refractivity contribution < 1.29 is 9.18 Å². The fourth-order valence-electron chi connectivity index (χ4n) is 1.32. The molecule has 98 valence electrons. The number of thioether (sulfide) groups is 1. The number of aromatic nitrogens is 2. The van der Waals surface area contributed by atoms with Crippen molar-refractivity contribution in [3.05, 3.63) is 42.6 Å².